The molecule has 0 spiro atoms. The minimum Gasteiger partial charge on any atom is -0.444 e. The van der Waals surface area contributed by atoms with Gasteiger partial charge < -0.3 is 57.6 Å². The van der Waals surface area contributed by atoms with Crippen molar-refractivity contribution in [1.82, 2.24) is 10.2 Å². The van der Waals surface area contributed by atoms with Gasteiger partial charge in [0.15, 0.2) is 0 Å². The molecule has 0 atom stereocenters. The van der Waals surface area contributed by atoms with Gasteiger partial charge in [0.1, 0.15) is 11.2 Å². The quantitative estimate of drug-likeness (QED) is 0.134. The van der Waals surface area contributed by atoms with E-state index in [1.807, 2.05) is 41.5 Å². The first-order valence-corrected chi connectivity index (χ1v) is 14.9. The topological polar surface area (TPSA) is 142 Å². The molecule has 0 radical (unpaired) electrons. The maximum absolute atomic E-state index is 11.8. The van der Waals surface area contributed by atoms with Gasteiger partial charge in [0.25, 0.3) is 0 Å². The van der Waals surface area contributed by atoms with Crippen LogP contribution in [0.1, 0.15) is 41.5 Å². The van der Waals surface area contributed by atoms with Crippen LogP contribution in [0.5, 0.6) is 0 Å². The molecule has 2 amide bonds. The van der Waals surface area contributed by atoms with Gasteiger partial charge in [0.2, 0.25) is 0 Å². The zero-order chi connectivity index (χ0) is 32.2. The fourth-order valence-corrected chi connectivity index (χ4v) is 2.81. The monoisotopic (exact) mass is 626 g/mol. The number of alkyl carbamates (subject to hydrolysis) is 1. The third-order valence-electron chi connectivity index (χ3n) is 4.79. The summed E-state index contributed by atoms with van der Waals surface area (Å²) in [6.45, 7) is 19.1. The summed E-state index contributed by atoms with van der Waals surface area (Å²) in [6, 6.07) is 0. The first-order chi connectivity index (χ1) is 20.4. The minimum atomic E-state index is -0.513. The summed E-state index contributed by atoms with van der Waals surface area (Å²) in [6.07, 6.45) is -0.822. The van der Waals surface area contributed by atoms with E-state index in [1.54, 1.807) is 7.05 Å². The average molecular weight is 627 g/mol. The molecule has 0 unspecified atom stereocenters. The number of rotatable bonds is 27. The SMILES string of the molecule is CN(CCOCCOCCOCCOCCOCCOCCOCCOCCNC(=O)OC(C)(C)C)C(=O)OC(C)(C)C. The molecule has 0 saturated carbocycles. The molecule has 14 nitrogen and oxygen atoms in total. The largest absolute Gasteiger partial charge is 0.444 e. The number of nitrogens with zero attached hydrogens (tertiary/aromatic N) is 1. The lowest BCUT2D eigenvalue weighted by atomic mass is 10.2. The summed E-state index contributed by atoms with van der Waals surface area (Å²) in [7, 11) is 1.68. The molecule has 256 valence electrons. The third-order valence-corrected chi connectivity index (χ3v) is 4.79. The molecule has 0 heterocycles. The number of nitrogens with one attached hydrogen (secondary N) is 1. The molecule has 0 aromatic rings. The highest BCUT2D eigenvalue weighted by Gasteiger charge is 2.19. The van der Waals surface area contributed by atoms with Crippen LogP contribution in [0.3, 0.4) is 0 Å². The van der Waals surface area contributed by atoms with E-state index in [4.69, 9.17) is 47.4 Å². The van der Waals surface area contributed by atoms with Crippen LogP contribution >= 0.6 is 0 Å². The summed E-state index contributed by atoms with van der Waals surface area (Å²) >= 11 is 0. The van der Waals surface area contributed by atoms with Gasteiger partial charge in [0, 0.05) is 20.1 Å². The molecule has 0 bridgehead atoms. The highest BCUT2D eigenvalue weighted by atomic mass is 16.6. The standard InChI is InChI=1S/C29H58N2O12/c1-28(2,3)42-26(32)30-8-10-34-12-14-36-16-18-38-20-22-40-24-25-41-23-21-39-19-17-37-15-13-35-11-9-31(7)27(33)43-29(4,5)6/h8-25H2,1-7H3,(H,30,32). The number of hydrogen-bond acceptors (Lipinski definition) is 12. The second-order valence-corrected chi connectivity index (χ2v) is 11.2. The lowest BCUT2D eigenvalue weighted by molar-refractivity contribution is -0.0235. The average Bonchev–Trinajstić information content (AvgIpc) is 2.90. The van der Waals surface area contributed by atoms with E-state index in [9.17, 15) is 9.59 Å². The van der Waals surface area contributed by atoms with Crippen LogP contribution in [-0.2, 0) is 47.4 Å². The molecule has 0 rings (SSSR count). The number of hydrogen-bond donors (Lipinski definition) is 1. The van der Waals surface area contributed by atoms with E-state index in [0.717, 1.165) is 0 Å². The molecule has 0 fully saturated rings. The third kappa shape index (κ3) is 33.0. The minimum absolute atomic E-state index is 0.367. The predicted molar refractivity (Wildman–Crippen MR) is 160 cm³/mol. The van der Waals surface area contributed by atoms with Crippen LogP contribution < -0.4 is 5.32 Å². The van der Waals surface area contributed by atoms with Crippen molar-refractivity contribution in [2.75, 3.05) is 126 Å². The van der Waals surface area contributed by atoms with Gasteiger partial charge in [-0.05, 0) is 41.5 Å². The first-order valence-electron chi connectivity index (χ1n) is 14.9. The number of ether oxygens (including phenoxy) is 10. The molecular weight excluding hydrogens is 568 g/mol. The van der Waals surface area contributed by atoms with Crippen molar-refractivity contribution in [3.8, 4) is 0 Å². The molecule has 0 aromatic heterocycles. The van der Waals surface area contributed by atoms with Crippen molar-refractivity contribution in [3.05, 3.63) is 0 Å². The Morgan fingerprint density at radius 2 is 0.791 bits per heavy atom. The number of carbonyl (C=O) groups excluding carboxylic acids is 2. The fourth-order valence-electron chi connectivity index (χ4n) is 2.81. The second kappa shape index (κ2) is 26.6. The van der Waals surface area contributed by atoms with Crippen LogP contribution in [0.25, 0.3) is 0 Å². The van der Waals surface area contributed by atoms with Gasteiger partial charge in [-0.3, -0.25) is 0 Å². The smallest absolute Gasteiger partial charge is 0.410 e. The van der Waals surface area contributed by atoms with Crippen LogP contribution in [0.4, 0.5) is 9.59 Å². The zero-order valence-corrected chi connectivity index (χ0v) is 27.6. The Balaban J connectivity index is 3.21. The van der Waals surface area contributed by atoms with Crippen molar-refractivity contribution >= 4 is 12.2 Å². The zero-order valence-electron chi connectivity index (χ0n) is 27.6. The molecule has 0 aromatic carbocycles. The maximum Gasteiger partial charge on any atom is 0.410 e. The van der Waals surface area contributed by atoms with Crippen molar-refractivity contribution < 1.29 is 57.0 Å². The number of amides is 2. The van der Waals surface area contributed by atoms with Crippen molar-refractivity contribution in [2.45, 2.75) is 52.7 Å². The lowest BCUT2D eigenvalue weighted by Gasteiger charge is -2.24. The van der Waals surface area contributed by atoms with Crippen LogP contribution in [0, 0.1) is 0 Å². The Bertz CT molecular complexity index is 671. The van der Waals surface area contributed by atoms with Gasteiger partial charge in [-0.15, -0.1) is 0 Å². The van der Waals surface area contributed by atoms with E-state index in [-0.39, 0.29) is 6.09 Å². The molecule has 0 aliphatic heterocycles. The van der Waals surface area contributed by atoms with Gasteiger partial charge in [-0.25, -0.2) is 9.59 Å². The van der Waals surface area contributed by atoms with Gasteiger partial charge in [-0.1, -0.05) is 0 Å². The van der Waals surface area contributed by atoms with E-state index >= 15 is 0 Å². The molecule has 1 N–H and O–H groups in total. The van der Waals surface area contributed by atoms with Crippen LogP contribution in [0.2, 0.25) is 0 Å². The summed E-state index contributed by atoms with van der Waals surface area (Å²) in [5.74, 6) is 0. The summed E-state index contributed by atoms with van der Waals surface area (Å²) in [5.41, 5.74) is -1.02. The molecular formula is C29H58N2O12. The fraction of sp³-hybridized carbons (Fsp3) is 0.931. The van der Waals surface area contributed by atoms with E-state index in [1.165, 1.54) is 4.90 Å². The molecule has 0 aliphatic rings. The summed E-state index contributed by atoms with van der Waals surface area (Å²) in [5, 5.41) is 2.62. The molecule has 43 heavy (non-hydrogen) atoms. The second-order valence-electron chi connectivity index (χ2n) is 11.2. The van der Waals surface area contributed by atoms with Crippen molar-refractivity contribution in [2.24, 2.45) is 0 Å². The van der Waals surface area contributed by atoms with E-state index < -0.39 is 17.3 Å². The van der Waals surface area contributed by atoms with E-state index in [2.05, 4.69) is 5.32 Å². The van der Waals surface area contributed by atoms with Crippen LogP contribution in [0.15, 0.2) is 0 Å². The Morgan fingerprint density at radius 3 is 1.12 bits per heavy atom. The van der Waals surface area contributed by atoms with Gasteiger partial charge in [-0.2, -0.15) is 0 Å². The Hall–Kier alpha value is -1.78. The maximum atomic E-state index is 11.8. The lowest BCUT2D eigenvalue weighted by Crippen LogP contribution is -2.36. The Labute approximate surface area is 258 Å². The molecule has 0 aliphatic carbocycles. The van der Waals surface area contributed by atoms with E-state index in [0.29, 0.717) is 119 Å². The van der Waals surface area contributed by atoms with Crippen molar-refractivity contribution in [3.63, 3.8) is 0 Å². The predicted octanol–water partition coefficient (Wildman–Crippen LogP) is 2.51. The highest BCUT2D eigenvalue weighted by molar-refractivity contribution is 5.68. The highest BCUT2D eigenvalue weighted by Crippen LogP contribution is 2.09. The Morgan fingerprint density at radius 1 is 0.488 bits per heavy atom. The summed E-state index contributed by atoms with van der Waals surface area (Å²) in [4.78, 5) is 24.8. The van der Waals surface area contributed by atoms with Crippen LogP contribution in [-0.4, -0.2) is 154 Å². The summed E-state index contributed by atoms with van der Waals surface area (Å²) < 4.78 is 54.0. The first kappa shape index (κ1) is 41.2. The van der Waals surface area contributed by atoms with Gasteiger partial charge in [0.05, 0.1) is 106 Å². The molecule has 14 heteroatoms. The van der Waals surface area contributed by atoms with Gasteiger partial charge >= 0.3 is 12.2 Å². The normalized spacial score (nSPS) is 11.9. The number of likely N-dealkylation sites (N-methyl/N-ethyl adjacent to an activating group) is 1. The molecule has 0 saturated heterocycles. The Kier molecular flexibility index (Phi) is 25.5. The number of carbonyl (C=O) groups is 2. The van der Waals surface area contributed by atoms with Crippen molar-refractivity contribution in [1.29, 1.82) is 0 Å².